The van der Waals surface area contributed by atoms with Crippen molar-refractivity contribution in [2.75, 3.05) is 44.4 Å². The van der Waals surface area contributed by atoms with Gasteiger partial charge in [0.15, 0.2) is 6.61 Å². The van der Waals surface area contributed by atoms with Gasteiger partial charge in [0.2, 0.25) is 15.9 Å². The molecule has 0 aromatic heterocycles. The summed E-state index contributed by atoms with van der Waals surface area (Å²) < 4.78 is 38.1. The first kappa shape index (κ1) is 22.0. The van der Waals surface area contributed by atoms with Gasteiger partial charge in [0, 0.05) is 19.1 Å². The Labute approximate surface area is 182 Å². The van der Waals surface area contributed by atoms with Crippen molar-refractivity contribution < 1.29 is 27.5 Å². The van der Waals surface area contributed by atoms with E-state index in [1.165, 1.54) is 34.2 Å². The first-order valence-electron chi connectivity index (χ1n) is 10.9. The van der Waals surface area contributed by atoms with Crippen LogP contribution >= 0.6 is 0 Å². The number of nitrogens with zero attached hydrogens (tertiary/aromatic N) is 2. The van der Waals surface area contributed by atoms with Gasteiger partial charge in [0.1, 0.15) is 12.3 Å². The van der Waals surface area contributed by atoms with Gasteiger partial charge >= 0.3 is 0 Å². The summed E-state index contributed by atoms with van der Waals surface area (Å²) in [6, 6.07) is 4.57. The van der Waals surface area contributed by atoms with Crippen molar-refractivity contribution >= 4 is 27.5 Å². The highest BCUT2D eigenvalue weighted by atomic mass is 32.2. The number of benzene rings is 1. The highest BCUT2D eigenvalue weighted by Crippen LogP contribution is 2.35. The number of carbonyl (C=O) groups excluding carboxylic acids is 2. The average molecular weight is 452 g/mol. The molecule has 0 atom stereocenters. The Kier molecular flexibility index (Phi) is 6.78. The topological polar surface area (TPSA) is 105 Å². The number of carbonyl (C=O) groups is 2. The molecular weight excluding hydrogens is 422 g/mol. The first-order chi connectivity index (χ1) is 14.9. The summed E-state index contributed by atoms with van der Waals surface area (Å²) in [6.45, 7) is 0.912. The Hall–Kier alpha value is -2.17. The van der Waals surface area contributed by atoms with Gasteiger partial charge in [-0.2, -0.15) is 4.31 Å². The number of hydrogen-bond acceptors (Lipinski definition) is 6. The lowest BCUT2D eigenvalue weighted by Gasteiger charge is -2.31. The molecule has 2 heterocycles. The average Bonchev–Trinajstić information content (AvgIpc) is 3.04. The molecule has 1 saturated heterocycles. The van der Waals surface area contributed by atoms with Crippen LogP contribution in [0.3, 0.4) is 0 Å². The van der Waals surface area contributed by atoms with Crippen LogP contribution in [0.25, 0.3) is 0 Å². The Balaban J connectivity index is 1.53. The first-order valence-corrected chi connectivity index (χ1v) is 12.3. The summed E-state index contributed by atoms with van der Waals surface area (Å²) >= 11 is 0. The van der Waals surface area contributed by atoms with Gasteiger partial charge in [-0.1, -0.05) is 25.7 Å². The molecule has 2 amide bonds. The standard InChI is InChI=1S/C21H29N3O6S/c25-20(22-16-5-3-1-2-4-6-16)14-24-18-13-17(7-8-19(18)30-15-21(24)26)31(27,28)23-9-11-29-12-10-23/h7-8,13,16H,1-6,9-12,14-15H2,(H,22,25). The van der Waals surface area contributed by atoms with E-state index in [4.69, 9.17) is 9.47 Å². The van der Waals surface area contributed by atoms with Gasteiger partial charge < -0.3 is 14.8 Å². The third-order valence-corrected chi connectivity index (χ3v) is 7.90. The van der Waals surface area contributed by atoms with Crippen LogP contribution in [0.5, 0.6) is 5.75 Å². The van der Waals surface area contributed by atoms with E-state index in [9.17, 15) is 18.0 Å². The van der Waals surface area contributed by atoms with E-state index in [-0.39, 0.29) is 49.0 Å². The van der Waals surface area contributed by atoms with Crippen molar-refractivity contribution in [2.24, 2.45) is 0 Å². The Morgan fingerprint density at radius 3 is 2.52 bits per heavy atom. The maximum atomic E-state index is 13.0. The fourth-order valence-electron chi connectivity index (χ4n) is 4.29. The molecule has 1 N–H and O–H groups in total. The van der Waals surface area contributed by atoms with Gasteiger partial charge in [-0.05, 0) is 31.0 Å². The predicted octanol–water partition coefficient (Wildman–Crippen LogP) is 1.27. The summed E-state index contributed by atoms with van der Waals surface area (Å²) in [5.74, 6) is -0.221. The quantitative estimate of drug-likeness (QED) is 0.676. The summed E-state index contributed by atoms with van der Waals surface area (Å²) in [4.78, 5) is 26.6. The van der Waals surface area contributed by atoms with Crippen LogP contribution in [-0.4, -0.2) is 70.0 Å². The van der Waals surface area contributed by atoms with Crippen molar-refractivity contribution in [1.82, 2.24) is 9.62 Å². The van der Waals surface area contributed by atoms with Crippen LogP contribution in [0, 0.1) is 0 Å². The minimum atomic E-state index is -3.73. The number of hydrogen-bond donors (Lipinski definition) is 1. The Morgan fingerprint density at radius 1 is 1.10 bits per heavy atom. The smallest absolute Gasteiger partial charge is 0.265 e. The van der Waals surface area contributed by atoms with Gasteiger partial charge in [-0.25, -0.2) is 8.42 Å². The molecule has 3 aliphatic rings. The maximum Gasteiger partial charge on any atom is 0.265 e. The van der Waals surface area contributed by atoms with E-state index in [1.54, 1.807) is 6.07 Å². The Morgan fingerprint density at radius 2 is 1.81 bits per heavy atom. The number of ether oxygens (including phenoxy) is 2. The van der Waals surface area contributed by atoms with E-state index in [1.807, 2.05) is 0 Å². The molecule has 0 unspecified atom stereocenters. The number of anilines is 1. The fourth-order valence-corrected chi connectivity index (χ4v) is 5.72. The van der Waals surface area contributed by atoms with E-state index in [0.717, 1.165) is 25.7 Å². The van der Waals surface area contributed by atoms with Crippen LogP contribution in [0.15, 0.2) is 23.1 Å². The summed E-state index contributed by atoms with van der Waals surface area (Å²) in [5.41, 5.74) is 0.307. The number of nitrogens with one attached hydrogen (secondary N) is 1. The van der Waals surface area contributed by atoms with Crippen LogP contribution < -0.4 is 15.0 Å². The van der Waals surface area contributed by atoms with Crippen LogP contribution in [0.2, 0.25) is 0 Å². The second kappa shape index (κ2) is 9.54. The highest BCUT2D eigenvalue weighted by molar-refractivity contribution is 7.89. The van der Waals surface area contributed by atoms with Gasteiger partial charge in [0.25, 0.3) is 5.91 Å². The molecule has 0 spiro atoms. The van der Waals surface area contributed by atoms with E-state index in [2.05, 4.69) is 5.32 Å². The third kappa shape index (κ3) is 5.02. The lowest BCUT2D eigenvalue weighted by molar-refractivity contribution is -0.125. The zero-order valence-electron chi connectivity index (χ0n) is 17.5. The van der Waals surface area contributed by atoms with Crippen LogP contribution in [0.1, 0.15) is 38.5 Å². The molecule has 0 radical (unpaired) electrons. The van der Waals surface area contributed by atoms with E-state index >= 15 is 0 Å². The van der Waals surface area contributed by atoms with Crippen molar-refractivity contribution in [3.63, 3.8) is 0 Å². The maximum absolute atomic E-state index is 13.0. The number of sulfonamides is 1. The lowest BCUT2D eigenvalue weighted by atomic mass is 10.1. The van der Waals surface area contributed by atoms with Crippen LogP contribution in [-0.2, 0) is 24.3 Å². The minimum absolute atomic E-state index is 0.0700. The molecular formula is C21H29N3O6S. The normalized spacial score (nSPS) is 21.2. The largest absolute Gasteiger partial charge is 0.482 e. The number of fused-ring (bicyclic) bond motifs is 1. The van der Waals surface area contributed by atoms with Gasteiger partial charge in [-0.15, -0.1) is 0 Å². The minimum Gasteiger partial charge on any atom is -0.482 e. The molecule has 10 heteroatoms. The molecule has 9 nitrogen and oxygen atoms in total. The second-order valence-corrected chi connectivity index (χ2v) is 10.1. The zero-order chi connectivity index (χ0) is 21.8. The summed E-state index contributed by atoms with van der Waals surface area (Å²) in [6.07, 6.45) is 6.44. The van der Waals surface area contributed by atoms with Crippen LogP contribution in [0.4, 0.5) is 5.69 Å². The number of amides is 2. The van der Waals surface area contributed by atoms with Crippen molar-refractivity contribution in [3.05, 3.63) is 18.2 Å². The molecule has 1 saturated carbocycles. The Bertz CT molecular complexity index is 921. The fraction of sp³-hybridized carbons (Fsp3) is 0.619. The van der Waals surface area contributed by atoms with Crippen molar-refractivity contribution in [1.29, 1.82) is 0 Å². The lowest BCUT2D eigenvalue weighted by Crippen LogP contribution is -2.47. The van der Waals surface area contributed by atoms with Gasteiger partial charge in [0.05, 0.1) is 23.8 Å². The van der Waals surface area contributed by atoms with Crippen molar-refractivity contribution in [2.45, 2.75) is 49.5 Å². The molecule has 2 fully saturated rings. The van der Waals surface area contributed by atoms with E-state index in [0.29, 0.717) is 24.7 Å². The summed E-state index contributed by atoms with van der Waals surface area (Å²) in [5, 5.41) is 3.04. The molecule has 170 valence electrons. The number of rotatable bonds is 5. The number of morpholine rings is 1. The molecule has 4 rings (SSSR count). The molecule has 2 aliphatic heterocycles. The molecule has 31 heavy (non-hydrogen) atoms. The highest BCUT2D eigenvalue weighted by Gasteiger charge is 2.32. The van der Waals surface area contributed by atoms with E-state index < -0.39 is 10.0 Å². The zero-order valence-corrected chi connectivity index (χ0v) is 18.4. The SMILES string of the molecule is O=C(CN1C(=O)COc2ccc(S(=O)(=O)N3CCOCC3)cc21)NC1CCCCCC1. The monoisotopic (exact) mass is 451 g/mol. The molecule has 0 bridgehead atoms. The molecule has 1 aromatic carbocycles. The second-order valence-electron chi connectivity index (χ2n) is 8.17. The molecule has 1 aliphatic carbocycles. The molecule has 1 aromatic rings. The third-order valence-electron chi connectivity index (χ3n) is 6.00. The van der Waals surface area contributed by atoms with Gasteiger partial charge in [-0.3, -0.25) is 14.5 Å². The van der Waals surface area contributed by atoms with Crippen molar-refractivity contribution in [3.8, 4) is 5.75 Å². The predicted molar refractivity (Wildman–Crippen MR) is 114 cm³/mol. The summed E-state index contributed by atoms with van der Waals surface area (Å²) in [7, 11) is -3.73.